The summed E-state index contributed by atoms with van der Waals surface area (Å²) in [7, 11) is 0. The van der Waals surface area contributed by atoms with E-state index in [4.69, 9.17) is 9.47 Å². The summed E-state index contributed by atoms with van der Waals surface area (Å²) in [6, 6.07) is 10.5. The smallest absolute Gasteiger partial charge is 0.142 e. The minimum atomic E-state index is 0.646. The summed E-state index contributed by atoms with van der Waals surface area (Å²) in [4.78, 5) is 2.24. The fourth-order valence-corrected chi connectivity index (χ4v) is 1.36. The van der Waals surface area contributed by atoms with Gasteiger partial charge in [0.05, 0.1) is 13.2 Å². The van der Waals surface area contributed by atoms with Crippen molar-refractivity contribution in [3.05, 3.63) is 30.3 Å². The Bertz CT molecular complexity index is 257. The summed E-state index contributed by atoms with van der Waals surface area (Å²) < 4.78 is 10.8. The zero-order valence-electron chi connectivity index (χ0n) is 8.11. The molecule has 3 heteroatoms. The maximum absolute atomic E-state index is 5.60. The van der Waals surface area contributed by atoms with Crippen LogP contribution in [0.1, 0.15) is 0 Å². The molecule has 14 heavy (non-hydrogen) atoms. The molecule has 3 nitrogen and oxygen atoms in total. The fraction of sp³-hybridized carbons (Fsp3) is 0.455. The van der Waals surface area contributed by atoms with E-state index in [1.165, 1.54) is 0 Å². The summed E-state index contributed by atoms with van der Waals surface area (Å²) in [6.07, 6.45) is 0. The van der Waals surface area contributed by atoms with Crippen LogP contribution in [0.2, 0.25) is 0 Å². The molecule has 0 bridgehead atoms. The lowest BCUT2D eigenvalue weighted by Gasteiger charge is -2.26. The third kappa shape index (κ3) is 2.72. The minimum Gasteiger partial charge on any atom is -0.478 e. The van der Waals surface area contributed by atoms with Crippen molar-refractivity contribution in [2.75, 3.05) is 33.0 Å². The third-order valence-electron chi connectivity index (χ3n) is 2.21. The first kappa shape index (κ1) is 9.49. The Morgan fingerprint density at radius 1 is 1.29 bits per heavy atom. The van der Waals surface area contributed by atoms with Gasteiger partial charge in [-0.2, -0.15) is 0 Å². The van der Waals surface area contributed by atoms with Crippen LogP contribution >= 0.6 is 0 Å². The molecule has 0 aromatic heterocycles. The molecule has 75 valence electrons. The lowest BCUT2D eigenvalue weighted by Crippen LogP contribution is -2.38. The third-order valence-corrected chi connectivity index (χ3v) is 2.21. The molecule has 0 spiro atoms. The van der Waals surface area contributed by atoms with Gasteiger partial charge in [-0.1, -0.05) is 12.1 Å². The Hall–Kier alpha value is -1.06. The number of nitrogens with zero attached hydrogens (tertiary/aromatic N) is 1. The minimum absolute atomic E-state index is 0.646. The second kappa shape index (κ2) is 4.98. The van der Waals surface area contributed by atoms with Gasteiger partial charge in [0.25, 0.3) is 0 Å². The van der Waals surface area contributed by atoms with Crippen molar-refractivity contribution in [1.82, 2.24) is 4.90 Å². The number of benzene rings is 1. The highest BCUT2D eigenvalue weighted by molar-refractivity contribution is 5.20. The Morgan fingerprint density at radius 3 is 2.71 bits per heavy atom. The van der Waals surface area contributed by atoms with Crippen molar-refractivity contribution in [3.63, 3.8) is 0 Å². The predicted molar refractivity (Wildman–Crippen MR) is 53.2 cm³/mol. The molecule has 1 aromatic carbocycles. The van der Waals surface area contributed by atoms with E-state index >= 15 is 0 Å². The zero-order valence-corrected chi connectivity index (χ0v) is 8.11. The Morgan fingerprint density at radius 2 is 2.00 bits per heavy atom. The lowest BCUT2D eigenvalue weighted by molar-refractivity contribution is 0.00407. The molecular formula is C11H14NO2. The van der Waals surface area contributed by atoms with E-state index in [9.17, 15) is 0 Å². The summed E-state index contributed by atoms with van der Waals surface area (Å²) in [5, 5.41) is 0. The van der Waals surface area contributed by atoms with Gasteiger partial charge in [0.2, 0.25) is 0 Å². The molecule has 1 radical (unpaired) electrons. The monoisotopic (exact) mass is 192 g/mol. The van der Waals surface area contributed by atoms with Gasteiger partial charge < -0.3 is 9.47 Å². The molecule has 1 saturated heterocycles. The topological polar surface area (TPSA) is 21.7 Å². The lowest BCUT2D eigenvalue weighted by atomic mass is 10.3. The summed E-state index contributed by atoms with van der Waals surface area (Å²) in [5.74, 6) is 0.898. The maximum Gasteiger partial charge on any atom is 0.142 e. The van der Waals surface area contributed by atoms with E-state index in [0.29, 0.717) is 6.73 Å². The van der Waals surface area contributed by atoms with Gasteiger partial charge in [-0.05, 0) is 18.2 Å². The second-order valence-corrected chi connectivity index (χ2v) is 3.24. The van der Waals surface area contributed by atoms with Crippen LogP contribution in [0.5, 0.6) is 5.75 Å². The van der Waals surface area contributed by atoms with Gasteiger partial charge in [-0.15, -0.1) is 0 Å². The van der Waals surface area contributed by atoms with Gasteiger partial charge in [0, 0.05) is 13.1 Å². The van der Waals surface area contributed by atoms with Crippen molar-refractivity contribution in [2.24, 2.45) is 0 Å². The van der Waals surface area contributed by atoms with Crippen molar-refractivity contribution in [3.8, 4) is 5.75 Å². The summed E-state index contributed by atoms with van der Waals surface area (Å²) >= 11 is 0. The average molecular weight is 192 g/mol. The van der Waals surface area contributed by atoms with Crippen LogP contribution in [0.15, 0.2) is 24.3 Å². The zero-order chi connectivity index (χ0) is 9.64. The molecule has 1 fully saturated rings. The largest absolute Gasteiger partial charge is 0.478 e. The molecule has 0 aliphatic carbocycles. The molecule has 1 aliphatic rings. The second-order valence-electron chi connectivity index (χ2n) is 3.24. The van der Waals surface area contributed by atoms with Gasteiger partial charge >= 0.3 is 0 Å². The summed E-state index contributed by atoms with van der Waals surface area (Å²) in [5.41, 5.74) is 0. The highest BCUT2D eigenvalue weighted by Gasteiger charge is 2.09. The molecular weight excluding hydrogens is 178 g/mol. The van der Waals surface area contributed by atoms with E-state index < -0.39 is 0 Å². The Labute approximate surface area is 84.2 Å². The first-order valence-electron chi connectivity index (χ1n) is 4.84. The van der Waals surface area contributed by atoms with E-state index in [1.54, 1.807) is 0 Å². The summed E-state index contributed by atoms with van der Waals surface area (Å²) in [6.45, 7) is 4.18. The van der Waals surface area contributed by atoms with Crippen LogP contribution in [-0.4, -0.2) is 37.9 Å². The molecule has 1 aliphatic heterocycles. The standard InChI is InChI=1S/C11H14NO2/c1-2-4-11(5-3-1)14-10-12-6-8-13-9-7-12/h2-5H,6-10H2. The van der Waals surface area contributed by atoms with E-state index in [0.717, 1.165) is 32.1 Å². The molecule has 1 heterocycles. The number of hydrogen-bond acceptors (Lipinski definition) is 3. The highest BCUT2D eigenvalue weighted by Crippen LogP contribution is 2.08. The van der Waals surface area contributed by atoms with Crippen LogP contribution in [0.25, 0.3) is 0 Å². The van der Waals surface area contributed by atoms with Crippen molar-refractivity contribution < 1.29 is 9.47 Å². The predicted octanol–water partition coefficient (Wildman–Crippen LogP) is 1.16. The molecule has 1 aromatic rings. The Kier molecular flexibility index (Phi) is 3.38. The molecule has 2 rings (SSSR count). The highest BCUT2D eigenvalue weighted by atomic mass is 16.5. The van der Waals surface area contributed by atoms with Crippen LogP contribution in [0.3, 0.4) is 0 Å². The number of ether oxygens (including phenoxy) is 2. The SMILES string of the molecule is [c]1ccc(OCN2CCOCC2)cc1. The van der Waals surface area contributed by atoms with Crippen LogP contribution < -0.4 is 4.74 Å². The fourth-order valence-electron chi connectivity index (χ4n) is 1.36. The van der Waals surface area contributed by atoms with Crippen molar-refractivity contribution >= 4 is 0 Å². The first-order valence-corrected chi connectivity index (χ1v) is 4.84. The normalized spacial score (nSPS) is 18.0. The maximum atomic E-state index is 5.60. The van der Waals surface area contributed by atoms with E-state index in [2.05, 4.69) is 11.0 Å². The van der Waals surface area contributed by atoms with Gasteiger partial charge in [-0.25, -0.2) is 0 Å². The molecule has 0 saturated carbocycles. The van der Waals surface area contributed by atoms with E-state index in [1.807, 2.05) is 24.3 Å². The van der Waals surface area contributed by atoms with Crippen LogP contribution in [0.4, 0.5) is 0 Å². The molecule has 0 unspecified atom stereocenters. The van der Waals surface area contributed by atoms with Crippen molar-refractivity contribution in [1.29, 1.82) is 0 Å². The molecule has 0 N–H and O–H groups in total. The molecule has 0 amide bonds. The van der Waals surface area contributed by atoms with Crippen molar-refractivity contribution in [2.45, 2.75) is 0 Å². The average Bonchev–Trinajstić information content (AvgIpc) is 2.29. The Balaban J connectivity index is 1.76. The number of morpholine rings is 1. The van der Waals surface area contributed by atoms with Crippen LogP contribution in [-0.2, 0) is 4.74 Å². The van der Waals surface area contributed by atoms with E-state index in [-0.39, 0.29) is 0 Å². The quantitative estimate of drug-likeness (QED) is 0.717. The van der Waals surface area contributed by atoms with Gasteiger partial charge in [0.1, 0.15) is 12.5 Å². The molecule has 0 atom stereocenters. The number of hydrogen-bond donors (Lipinski definition) is 0. The first-order chi connectivity index (χ1) is 6.95. The van der Waals surface area contributed by atoms with Crippen LogP contribution in [0, 0.1) is 6.07 Å². The van der Waals surface area contributed by atoms with Gasteiger partial charge in [0.15, 0.2) is 0 Å². The number of rotatable bonds is 3. The van der Waals surface area contributed by atoms with Gasteiger partial charge in [-0.3, -0.25) is 4.90 Å².